The zero-order valence-corrected chi connectivity index (χ0v) is 17.1. The summed E-state index contributed by atoms with van der Waals surface area (Å²) >= 11 is 0. The molecule has 2 fully saturated rings. The molecule has 0 aliphatic carbocycles. The predicted molar refractivity (Wildman–Crippen MR) is 101 cm³/mol. The summed E-state index contributed by atoms with van der Waals surface area (Å²) in [6.45, 7) is 7.67. The minimum atomic E-state index is -0.455. The molecule has 29 heavy (non-hydrogen) atoms. The normalized spacial score (nSPS) is 19.6. The van der Waals surface area contributed by atoms with Crippen LogP contribution in [0.3, 0.4) is 0 Å². The molecule has 0 atom stereocenters. The maximum Gasteiger partial charge on any atom is 0.257 e. The Labute approximate surface area is 169 Å². The van der Waals surface area contributed by atoms with E-state index in [1.165, 1.54) is 0 Å². The van der Waals surface area contributed by atoms with E-state index in [9.17, 15) is 9.59 Å². The van der Waals surface area contributed by atoms with Crippen molar-refractivity contribution in [3.8, 4) is 0 Å². The van der Waals surface area contributed by atoms with Gasteiger partial charge in [-0.25, -0.2) is 0 Å². The number of carbonyl (C=O) groups is 2. The van der Waals surface area contributed by atoms with Gasteiger partial charge in [-0.1, -0.05) is 5.16 Å². The summed E-state index contributed by atoms with van der Waals surface area (Å²) in [7, 11) is 0. The Kier molecular flexibility index (Phi) is 5.16. The lowest BCUT2D eigenvalue weighted by Gasteiger charge is -2.42. The van der Waals surface area contributed by atoms with Crippen molar-refractivity contribution in [1.29, 1.82) is 0 Å². The average Bonchev–Trinajstić information content (AvgIpc) is 3.21. The van der Waals surface area contributed by atoms with Crippen LogP contribution in [-0.4, -0.2) is 63.6 Å². The van der Waals surface area contributed by atoms with Crippen LogP contribution in [0.4, 0.5) is 0 Å². The third-order valence-electron chi connectivity index (χ3n) is 5.69. The zero-order chi connectivity index (χ0) is 20.6. The molecular formula is C20H26N4O5. The summed E-state index contributed by atoms with van der Waals surface area (Å²) in [5.41, 5.74) is 0.160. The molecule has 2 aromatic rings. The third-order valence-corrected chi connectivity index (χ3v) is 5.69. The standard InChI is InChI=1S/C20H26N4O5/c1-13-10-16(14(2)28-13)19(26)23-7-5-20(6-8-23)12-24(18(25)4-9-27-20)11-17-21-15(3)29-22-17/h10H,4-9,11-12H2,1-3H3. The van der Waals surface area contributed by atoms with E-state index < -0.39 is 5.60 Å². The second-order valence-corrected chi connectivity index (χ2v) is 7.88. The van der Waals surface area contributed by atoms with Gasteiger partial charge in [0.1, 0.15) is 11.5 Å². The highest BCUT2D eigenvalue weighted by atomic mass is 16.5. The van der Waals surface area contributed by atoms with Gasteiger partial charge in [0, 0.05) is 20.0 Å². The molecule has 0 radical (unpaired) electrons. The van der Waals surface area contributed by atoms with Crippen LogP contribution in [0.1, 0.15) is 52.9 Å². The van der Waals surface area contributed by atoms with Crippen LogP contribution >= 0.6 is 0 Å². The van der Waals surface area contributed by atoms with Gasteiger partial charge in [-0.2, -0.15) is 4.98 Å². The summed E-state index contributed by atoms with van der Waals surface area (Å²) in [5, 5.41) is 3.90. The summed E-state index contributed by atoms with van der Waals surface area (Å²) in [5.74, 6) is 2.35. The molecule has 0 saturated carbocycles. The van der Waals surface area contributed by atoms with Crippen LogP contribution in [0.15, 0.2) is 15.0 Å². The molecule has 0 bridgehead atoms. The maximum atomic E-state index is 12.9. The van der Waals surface area contributed by atoms with Crippen molar-refractivity contribution >= 4 is 11.8 Å². The lowest BCUT2D eigenvalue weighted by molar-refractivity contribution is -0.132. The van der Waals surface area contributed by atoms with Gasteiger partial charge >= 0.3 is 0 Å². The van der Waals surface area contributed by atoms with Gasteiger partial charge < -0.3 is 23.5 Å². The van der Waals surface area contributed by atoms with E-state index in [2.05, 4.69) is 10.1 Å². The number of rotatable bonds is 3. The third kappa shape index (κ3) is 4.05. The number of likely N-dealkylation sites (tertiary alicyclic amines) is 1. The number of aryl methyl sites for hydroxylation is 3. The van der Waals surface area contributed by atoms with Crippen molar-refractivity contribution in [2.24, 2.45) is 0 Å². The number of ether oxygens (including phenoxy) is 1. The molecule has 4 heterocycles. The van der Waals surface area contributed by atoms with Crippen LogP contribution in [0, 0.1) is 20.8 Å². The molecule has 9 nitrogen and oxygen atoms in total. The van der Waals surface area contributed by atoms with E-state index in [4.69, 9.17) is 13.7 Å². The fourth-order valence-corrected chi connectivity index (χ4v) is 4.15. The Morgan fingerprint density at radius 3 is 2.62 bits per heavy atom. The minimum Gasteiger partial charge on any atom is -0.466 e. The summed E-state index contributed by atoms with van der Waals surface area (Å²) in [6.07, 6.45) is 1.67. The van der Waals surface area contributed by atoms with Crippen LogP contribution in [-0.2, 0) is 16.1 Å². The Morgan fingerprint density at radius 1 is 1.24 bits per heavy atom. The van der Waals surface area contributed by atoms with Gasteiger partial charge in [-0.05, 0) is 32.8 Å². The average molecular weight is 402 g/mol. The first-order chi connectivity index (χ1) is 13.8. The van der Waals surface area contributed by atoms with Gasteiger partial charge in [0.2, 0.25) is 11.8 Å². The van der Waals surface area contributed by atoms with E-state index in [0.717, 1.165) is 5.76 Å². The van der Waals surface area contributed by atoms with Crippen molar-refractivity contribution in [3.63, 3.8) is 0 Å². The number of hydrogen-bond donors (Lipinski definition) is 0. The Bertz CT molecular complexity index is 910. The Morgan fingerprint density at radius 2 is 2.00 bits per heavy atom. The number of furan rings is 1. The molecule has 4 rings (SSSR count). The molecule has 1 spiro atoms. The molecule has 0 N–H and O–H groups in total. The van der Waals surface area contributed by atoms with E-state index in [1.807, 2.05) is 18.7 Å². The summed E-state index contributed by atoms with van der Waals surface area (Å²) in [4.78, 5) is 33.2. The van der Waals surface area contributed by atoms with Crippen molar-refractivity contribution in [2.75, 3.05) is 26.2 Å². The second kappa shape index (κ2) is 7.62. The highest BCUT2D eigenvalue weighted by Crippen LogP contribution is 2.31. The molecule has 0 aromatic carbocycles. The first kappa shape index (κ1) is 19.6. The lowest BCUT2D eigenvalue weighted by Crippen LogP contribution is -2.53. The number of carbonyl (C=O) groups excluding carboxylic acids is 2. The first-order valence-electron chi connectivity index (χ1n) is 9.92. The monoisotopic (exact) mass is 402 g/mol. The van der Waals surface area contributed by atoms with Gasteiger partial charge in [-0.3, -0.25) is 9.59 Å². The number of nitrogens with zero attached hydrogens (tertiary/aromatic N) is 4. The smallest absolute Gasteiger partial charge is 0.257 e. The summed E-state index contributed by atoms with van der Waals surface area (Å²) < 4.78 is 16.7. The van der Waals surface area contributed by atoms with Crippen molar-refractivity contribution in [2.45, 2.75) is 52.2 Å². The molecular weight excluding hydrogens is 376 g/mol. The zero-order valence-electron chi connectivity index (χ0n) is 17.1. The molecule has 2 aliphatic heterocycles. The predicted octanol–water partition coefficient (Wildman–Crippen LogP) is 2.01. The number of amides is 2. The van der Waals surface area contributed by atoms with E-state index >= 15 is 0 Å². The van der Waals surface area contributed by atoms with Gasteiger partial charge in [-0.15, -0.1) is 0 Å². The van der Waals surface area contributed by atoms with E-state index in [0.29, 0.717) is 75.1 Å². The van der Waals surface area contributed by atoms with Gasteiger partial charge in [0.05, 0.1) is 37.3 Å². The largest absolute Gasteiger partial charge is 0.466 e. The highest BCUT2D eigenvalue weighted by Gasteiger charge is 2.41. The second-order valence-electron chi connectivity index (χ2n) is 7.88. The van der Waals surface area contributed by atoms with Crippen LogP contribution < -0.4 is 0 Å². The first-order valence-corrected chi connectivity index (χ1v) is 9.92. The van der Waals surface area contributed by atoms with E-state index in [-0.39, 0.29) is 11.8 Å². The SMILES string of the molecule is Cc1cc(C(=O)N2CCC3(CC2)CN(Cc2noc(C)n2)C(=O)CCO3)c(C)o1. The Balaban J connectivity index is 1.44. The topological polar surface area (TPSA) is 102 Å². The Hall–Kier alpha value is -2.68. The van der Waals surface area contributed by atoms with Crippen molar-refractivity contribution in [3.05, 3.63) is 34.9 Å². The van der Waals surface area contributed by atoms with Gasteiger partial charge in [0.25, 0.3) is 5.91 Å². The number of aromatic nitrogens is 2. The van der Waals surface area contributed by atoms with Gasteiger partial charge in [0.15, 0.2) is 5.82 Å². The molecule has 2 saturated heterocycles. The maximum absolute atomic E-state index is 12.9. The van der Waals surface area contributed by atoms with Crippen molar-refractivity contribution < 1.29 is 23.3 Å². The molecule has 156 valence electrons. The minimum absolute atomic E-state index is 0.0157. The fraction of sp³-hybridized carbons (Fsp3) is 0.600. The molecule has 9 heteroatoms. The lowest BCUT2D eigenvalue weighted by atomic mass is 9.90. The molecule has 2 aromatic heterocycles. The van der Waals surface area contributed by atoms with Crippen LogP contribution in [0.5, 0.6) is 0 Å². The van der Waals surface area contributed by atoms with Crippen LogP contribution in [0.2, 0.25) is 0 Å². The number of piperidine rings is 1. The molecule has 2 aliphatic rings. The fourth-order valence-electron chi connectivity index (χ4n) is 4.15. The van der Waals surface area contributed by atoms with Crippen LogP contribution in [0.25, 0.3) is 0 Å². The quantitative estimate of drug-likeness (QED) is 0.774. The molecule has 0 unspecified atom stereocenters. The van der Waals surface area contributed by atoms with E-state index in [1.54, 1.807) is 17.9 Å². The number of hydrogen-bond acceptors (Lipinski definition) is 7. The molecule has 2 amide bonds. The highest BCUT2D eigenvalue weighted by molar-refractivity contribution is 5.95. The van der Waals surface area contributed by atoms with Crippen molar-refractivity contribution in [1.82, 2.24) is 19.9 Å². The summed E-state index contributed by atoms with van der Waals surface area (Å²) in [6, 6.07) is 1.79.